The highest BCUT2D eigenvalue weighted by atomic mass is 35.5. The van der Waals surface area contributed by atoms with Gasteiger partial charge in [0.25, 0.3) is 0 Å². The predicted molar refractivity (Wildman–Crippen MR) is 41.3 cm³/mol. The van der Waals surface area contributed by atoms with E-state index >= 15 is 0 Å². The van der Waals surface area contributed by atoms with Crippen molar-refractivity contribution in [1.82, 2.24) is 0 Å². The Labute approximate surface area is 67.0 Å². The van der Waals surface area contributed by atoms with Crippen molar-refractivity contribution >= 4 is 12.4 Å². The third-order valence-electron chi connectivity index (χ3n) is 1.61. The highest BCUT2D eigenvalue weighted by molar-refractivity contribution is 5.85. The number of nitrogens with two attached hydrogens (primary N) is 1. The number of hydrogen-bond acceptors (Lipinski definition) is 3. The number of aliphatic hydroxyl groups excluding tert-OH is 1. The summed E-state index contributed by atoms with van der Waals surface area (Å²) in [6.07, 6.45) is 1.72. The first kappa shape index (κ1) is 10.2. The molecule has 0 unspecified atom stereocenters. The van der Waals surface area contributed by atoms with Crippen molar-refractivity contribution in [1.29, 1.82) is 0 Å². The lowest BCUT2D eigenvalue weighted by Gasteiger charge is -2.25. The van der Waals surface area contributed by atoms with Crippen molar-refractivity contribution in [2.75, 3.05) is 13.2 Å². The molecule has 10 heavy (non-hydrogen) atoms. The number of ether oxygens (including phenoxy) is 1. The zero-order valence-corrected chi connectivity index (χ0v) is 6.64. The van der Waals surface area contributed by atoms with Crippen molar-refractivity contribution in [2.45, 2.75) is 25.0 Å². The molecule has 0 aliphatic carbocycles. The molecule has 0 saturated carbocycles. The van der Waals surface area contributed by atoms with Crippen LogP contribution in [0.4, 0.5) is 0 Å². The molecule has 0 spiro atoms. The summed E-state index contributed by atoms with van der Waals surface area (Å²) >= 11 is 0. The van der Waals surface area contributed by atoms with Crippen LogP contribution in [0.25, 0.3) is 0 Å². The lowest BCUT2D eigenvalue weighted by Crippen LogP contribution is -2.36. The van der Waals surface area contributed by atoms with Gasteiger partial charge in [-0.15, -0.1) is 12.4 Å². The number of aliphatic hydroxyl groups is 1. The van der Waals surface area contributed by atoms with Crippen LogP contribution in [0.5, 0.6) is 0 Å². The van der Waals surface area contributed by atoms with E-state index in [4.69, 9.17) is 15.6 Å². The third-order valence-corrected chi connectivity index (χ3v) is 1.61. The summed E-state index contributed by atoms with van der Waals surface area (Å²) in [5.41, 5.74) is 5.61. The summed E-state index contributed by atoms with van der Waals surface area (Å²) in [6.45, 7) is 0.806. The maximum absolute atomic E-state index is 8.63. The molecule has 1 saturated heterocycles. The molecule has 1 aliphatic heterocycles. The van der Waals surface area contributed by atoms with Crippen LogP contribution in [0.2, 0.25) is 0 Å². The summed E-state index contributed by atoms with van der Waals surface area (Å²) in [5, 5.41) is 8.63. The first-order valence-electron chi connectivity index (χ1n) is 3.31. The molecule has 0 radical (unpaired) electrons. The lowest BCUT2D eigenvalue weighted by molar-refractivity contribution is -0.0237. The minimum absolute atomic E-state index is 0. The van der Waals surface area contributed by atoms with Gasteiger partial charge >= 0.3 is 0 Å². The summed E-state index contributed by atoms with van der Waals surface area (Å²) in [6, 6.07) is 0.232. The standard InChI is InChI=1S/C6H13NO2.ClH/c7-5-1-2-9-6(3-5)4-8;/h5-6,8H,1-4,7H2;1H/t5-,6+;/m0./s1. The van der Waals surface area contributed by atoms with Crippen LogP contribution < -0.4 is 5.73 Å². The quantitative estimate of drug-likeness (QED) is 0.574. The molecule has 0 amide bonds. The zero-order chi connectivity index (χ0) is 6.69. The molecule has 1 fully saturated rings. The Kier molecular flexibility index (Phi) is 4.99. The molecule has 0 aromatic heterocycles. The fourth-order valence-electron chi connectivity index (χ4n) is 1.04. The van der Waals surface area contributed by atoms with Crippen LogP contribution in [0, 0.1) is 0 Å². The van der Waals surface area contributed by atoms with E-state index in [1.54, 1.807) is 0 Å². The smallest absolute Gasteiger partial charge is 0.0820 e. The van der Waals surface area contributed by atoms with E-state index in [0.29, 0.717) is 6.61 Å². The average molecular weight is 168 g/mol. The van der Waals surface area contributed by atoms with Gasteiger partial charge in [-0.25, -0.2) is 0 Å². The fourth-order valence-corrected chi connectivity index (χ4v) is 1.04. The topological polar surface area (TPSA) is 55.5 Å². The van der Waals surface area contributed by atoms with Gasteiger partial charge in [-0.2, -0.15) is 0 Å². The van der Waals surface area contributed by atoms with Crippen LogP contribution in [0.15, 0.2) is 0 Å². The van der Waals surface area contributed by atoms with Gasteiger partial charge in [0, 0.05) is 12.6 Å². The molecule has 3 nitrogen and oxygen atoms in total. The molecular formula is C6H14ClNO2. The average Bonchev–Trinajstić information content (AvgIpc) is 1.88. The van der Waals surface area contributed by atoms with E-state index in [0.717, 1.165) is 12.8 Å². The summed E-state index contributed by atoms with van der Waals surface area (Å²) in [7, 11) is 0. The van der Waals surface area contributed by atoms with Crippen molar-refractivity contribution in [3.05, 3.63) is 0 Å². The highest BCUT2D eigenvalue weighted by Gasteiger charge is 2.17. The van der Waals surface area contributed by atoms with Gasteiger partial charge in [-0.1, -0.05) is 0 Å². The van der Waals surface area contributed by atoms with Crippen molar-refractivity contribution in [3.63, 3.8) is 0 Å². The van der Waals surface area contributed by atoms with Gasteiger partial charge < -0.3 is 15.6 Å². The second-order valence-corrected chi connectivity index (χ2v) is 2.46. The third kappa shape index (κ3) is 2.84. The highest BCUT2D eigenvalue weighted by Crippen LogP contribution is 2.10. The Balaban J connectivity index is 0.000000810. The largest absolute Gasteiger partial charge is 0.394 e. The lowest BCUT2D eigenvalue weighted by atomic mass is 10.1. The SMILES string of the molecule is Cl.N[C@H]1CCO[C@@H](CO)C1. The predicted octanol–water partition coefficient (Wildman–Crippen LogP) is -0.0932. The van der Waals surface area contributed by atoms with Crippen LogP contribution in [-0.4, -0.2) is 30.5 Å². The minimum atomic E-state index is -0.00579. The molecule has 62 valence electrons. The van der Waals surface area contributed by atoms with Gasteiger partial charge in [-0.05, 0) is 12.8 Å². The number of rotatable bonds is 1. The fraction of sp³-hybridized carbons (Fsp3) is 1.00. The Morgan fingerprint density at radius 1 is 1.60 bits per heavy atom. The van der Waals surface area contributed by atoms with E-state index in [1.807, 2.05) is 0 Å². The monoisotopic (exact) mass is 167 g/mol. The summed E-state index contributed by atoms with van der Waals surface area (Å²) in [5.74, 6) is 0. The molecule has 0 aromatic carbocycles. The molecule has 1 rings (SSSR count). The number of hydrogen-bond donors (Lipinski definition) is 2. The first-order valence-corrected chi connectivity index (χ1v) is 3.31. The van der Waals surface area contributed by atoms with Crippen LogP contribution in [-0.2, 0) is 4.74 Å². The summed E-state index contributed by atoms with van der Waals surface area (Å²) in [4.78, 5) is 0. The zero-order valence-electron chi connectivity index (χ0n) is 5.82. The van der Waals surface area contributed by atoms with Crippen LogP contribution >= 0.6 is 12.4 Å². The van der Waals surface area contributed by atoms with Gasteiger partial charge in [0.1, 0.15) is 0 Å². The Morgan fingerprint density at radius 3 is 2.70 bits per heavy atom. The van der Waals surface area contributed by atoms with Crippen LogP contribution in [0.1, 0.15) is 12.8 Å². The van der Waals surface area contributed by atoms with Gasteiger partial charge in [-0.3, -0.25) is 0 Å². The molecule has 0 bridgehead atoms. The van der Waals surface area contributed by atoms with E-state index in [2.05, 4.69) is 0 Å². The van der Waals surface area contributed by atoms with Crippen molar-refractivity contribution in [3.8, 4) is 0 Å². The Morgan fingerprint density at radius 2 is 2.30 bits per heavy atom. The maximum Gasteiger partial charge on any atom is 0.0820 e. The van der Waals surface area contributed by atoms with E-state index in [9.17, 15) is 0 Å². The second kappa shape index (κ2) is 4.91. The number of halogens is 1. The van der Waals surface area contributed by atoms with Crippen molar-refractivity contribution in [2.24, 2.45) is 5.73 Å². The van der Waals surface area contributed by atoms with Crippen molar-refractivity contribution < 1.29 is 9.84 Å². The second-order valence-electron chi connectivity index (χ2n) is 2.46. The maximum atomic E-state index is 8.63. The summed E-state index contributed by atoms with van der Waals surface area (Å²) < 4.78 is 5.17. The normalized spacial score (nSPS) is 33.0. The van der Waals surface area contributed by atoms with Gasteiger partial charge in [0.2, 0.25) is 0 Å². The molecule has 3 N–H and O–H groups in total. The molecule has 0 aromatic rings. The molecule has 1 aliphatic rings. The van der Waals surface area contributed by atoms with Crippen LogP contribution in [0.3, 0.4) is 0 Å². The van der Waals surface area contributed by atoms with Gasteiger partial charge in [0.05, 0.1) is 12.7 Å². The first-order chi connectivity index (χ1) is 4.33. The van der Waals surface area contributed by atoms with E-state index < -0.39 is 0 Å². The Bertz CT molecular complexity index is 91.8. The molecule has 1 heterocycles. The van der Waals surface area contributed by atoms with E-state index in [1.165, 1.54) is 0 Å². The molecular weight excluding hydrogens is 154 g/mol. The molecule has 4 heteroatoms. The minimum Gasteiger partial charge on any atom is -0.394 e. The van der Waals surface area contributed by atoms with E-state index in [-0.39, 0.29) is 31.2 Å². The Hall–Kier alpha value is 0.170. The van der Waals surface area contributed by atoms with Gasteiger partial charge in [0.15, 0.2) is 0 Å². The molecule has 2 atom stereocenters.